The van der Waals surface area contributed by atoms with Crippen molar-refractivity contribution in [2.75, 3.05) is 37.0 Å². The lowest BCUT2D eigenvalue weighted by atomic mass is 9.98. The Hall–Kier alpha value is -1.45. The molecule has 26 heavy (non-hydrogen) atoms. The standard InChI is InChI=1S/C17H26N2O5S2/c1-4-12-26(23,24)19-11-5-6-14(13-19)17(20)18(2)15-7-9-16(10-8-15)25(3,21)22/h7-10,14H,4-6,11-13H2,1-3H3. The van der Waals surface area contributed by atoms with E-state index in [1.54, 1.807) is 19.2 Å². The molecule has 1 aliphatic heterocycles. The summed E-state index contributed by atoms with van der Waals surface area (Å²) in [5.74, 6) is -0.458. The highest BCUT2D eigenvalue weighted by atomic mass is 32.2. The Kier molecular flexibility index (Phi) is 6.46. The van der Waals surface area contributed by atoms with Crippen LogP contribution in [0.1, 0.15) is 26.2 Å². The molecular formula is C17H26N2O5S2. The second kappa shape index (κ2) is 8.06. The van der Waals surface area contributed by atoms with Gasteiger partial charge in [-0.15, -0.1) is 0 Å². The van der Waals surface area contributed by atoms with Crippen LogP contribution in [0, 0.1) is 5.92 Å². The maximum atomic E-state index is 12.8. The van der Waals surface area contributed by atoms with E-state index in [-0.39, 0.29) is 23.1 Å². The Balaban J connectivity index is 2.12. The fourth-order valence-corrected chi connectivity index (χ4v) is 5.32. The summed E-state index contributed by atoms with van der Waals surface area (Å²) in [5, 5.41) is 0. The molecular weight excluding hydrogens is 376 g/mol. The highest BCUT2D eigenvalue weighted by Crippen LogP contribution is 2.24. The zero-order chi connectivity index (χ0) is 19.5. The van der Waals surface area contributed by atoms with Crippen molar-refractivity contribution >= 4 is 31.5 Å². The first kappa shape index (κ1) is 20.9. The molecule has 1 aliphatic rings. The van der Waals surface area contributed by atoms with Crippen molar-refractivity contribution in [3.8, 4) is 0 Å². The summed E-state index contributed by atoms with van der Waals surface area (Å²) in [5.41, 5.74) is 0.580. The first-order chi connectivity index (χ1) is 12.1. The lowest BCUT2D eigenvalue weighted by Crippen LogP contribution is -2.46. The van der Waals surface area contributed by atoms with Gasteiger partial charge in [-0.25, -0.2) is 21.1 Å². The van der Waals surface area contributed by atoms with E-state index in [9.17, 15) is 21.6 Å². The quantitative estimate of drug-likeness (QED) is 0.719. The predicted molar refractivity (Wildman–Crippen MR) is 101 cm³/mol. The summed E-state index contributed by atoms with van der Waals surface area (Å²) in [4.78, 5) is 14.5. The molecule has 1 amide bonds. The SMILES string of the molecule is CCCS(=O)(=O)N1CCCC(C(=O)N(C)c2ccc(S(C)(=O)=O)cc2)C1. The molecule has 1 saturated heterocycles. The van der Waals surface area contributed by atoms with E-state index in [1.807, 2.05) is 6.92 Å². The van der Waals surface area contributed by atoms with Crippen LogP contribution >= 0.6 is 0 Å². The molecule has 0 aliphatic carbocycles. The van der Waals surface area contributed by atoms with Crippen LogP contribution in [0.15, 0.2) is 29.2 Å². The predicted octanol–water partition coefficient (Wildman–Crippen LogP) is 1.50. The maximum absolute atomic E-state index is 12.8. The van der Waals surface area contributed by atoms with Gasteiger partial charge < -0.3 is 4.90 Å². The number of amides is 1. The fourth-order valence-electron chi connectivity index (χ4n) is 3.10. The number of rotatable bonds is 6. The van der Waals surface area contributed by atoms with Crippen molar-refractivity contribution in [1.29, 1.82) is 0 Å². The number of sulfonamides is 1. The largest absolute Gasteiger partial charge is 0.315 e. The number of anilines is 1. The summed E-state index contributed by atoms with van der Waals surface area (Å²) in [6.07, 6.45) is 2.97. The Bertz CT molecular complexity index is 848. The molecule has 0 N–H and O–H groups in total. The first-order valence-electron chi connectivity index (χ1n) is 8.61. The molecule has 9 heteroatoms. The van der Waals surface area contributed by atoms with Gasteiger partial charge >= 0.3 is 0 Å². The van der Waals surface area contributed by atoms with Crippen LogP contribution in [0.3, 0.4) is 0 Å². The van der Waals surface area contributed by atoms with Crippen molar-refractivity contribution in [3.63, 3.8) is 0 Å². The van der Waals surface area contributed by atoms with Gasteiger partial charge in [0, 0.05) is 32.1 Å². The highest BCUT2D eigenvalue weighted by Gasteiger charge is 2.33. The molecule has 1 aromatic carbocycles. The van der Waals surface area contributed by atoms with Gasteiger partial charge in [-0.2, -0.15) is 0 Å². The minimum Gasteiger partial charge on any atom is -0.315 e. The maximum Gasteiger partial charge on any atom is 0.231 e. The number of sulfone groups is 1. The Morgan fingerprint density at radius 1 is 1.19 bits per heavy atom. The van der Waals surface area contributed by atoms with E-state index in [1.165, 1.54) is 21.3 Å². The van der Waals surface area contributed by atoms with Gasteiger partial charge in [0.2, 0.25) is 15.9 Å². The van der Waals surface area contributed by atoms with Gasteiger partial charge in [0.05, 0.1) is 16.6 Å². The van der Waals surface area contributed by atoms with Crippen LogP contribution in [0.5, 0.6) is 0 Å². The highest BCUT2D eigenvalue weighted by molar-refractivity contribution is 7.90. The van der Waals surface area contributed by atoms with E-state index in [0.29, 0.717) is 31.5 Å². The Morgan fingerprint density at radius 3 is 2.35 bits per heavy atom. The Labute approximate surface area is 156 Å². The second-order valence-corrected chi connectivity index (χ2v) is 10.8. The number of carbonyl (C=O) groups is 1. The van der Waals surface area contributed by atoms with Crippen molar-refractivity contribution in [2.24, 2.45) is 5.92 Å². The average Bonchev–Trinajstić information content (AvgIpc) is 2.60. The van der Waals surface area contributed by atoms with E-state index >= 15 is 0 Å². The normalized spacial score (nSPS) is 19.3. The monoisotopic (exact) mass is 402 g/mol. The summed E-state index contributed by atoms with van der Waals surface area (Å²) in [7, 11) is -4.99. The first-order valence-corrected chi connectivity index (χ1v) is 12.1. The summed E-state index contributed by atoms with van der Waals surface area (Å²) < 4.78 is 49.0. The molecule has 0 saturated carbocycles. The summed E-state index contributed by atoms with van der Waals surface area (Å²) in [6.45, 7) is 2.48. The zero-order valence-corrected chi connectivity index (χ0v) is 17.0. The number of hydrogen-bond acceptors (Lipinski definition) is 5. The zero-order valence-electron chi connectivity index (χ0n) is 15.4. The lowest BCUT2D eigenvalue weighted by molar-refractivity contribution is -0.123. The Morgan fingerprint density at radius 2 is 1.81 bits per heavy atom. The van der Waals surface area contributed by atoms with E-state index in [0.717, 1.165) is 6.26 Å². The molecule has 1 heterocycles. The second-order valence-electron chi connectivity index (χ2n) is 6.68. The van der Waals surface area contributed by atoms with Crippen LogP contribution in [0.4, 0.5) is 5.69 Å². The minimum atomic E-state index is -3.32. The topological polar surface area (TPSA) is 91.8 Å². The van der Waals surface area contributed by atoms with Gasteiger partial charge in [-0.3, -0.25) is 4.79 Å². The number of piperidine rings is 1. The third-order valence-electron chi connectivity index (χ3n) is 4.57. The minimum absolute atomic E-state index is 0.0940. The van der Waals surface area contributed by atoms with Crippen LogP contribution in [-0.2, 0) is 24.7 Å². The molecule has 1 fully saturated rings. The van der Waals surface area contributed by atoms with Crippen LogP contribution in [0.2, 0.25) is 0 Å². The number of carbonyl (C=O) groups excluding carboxylic acids is 1. The molecule has 2 rings (SSSR count). The van der Waals surface area contributed by atoms with Crippen molar-refractivity contribution in [2.45, 2.75) is 31.1 Å². The third-order valence-corrected chi connectivity index (χ3v) is 7.74. The summed E-state index contributed by atoms with van der Waals surface area (Å²) >= 11 is 0. The fraction of sp³-hybridized carbons (Fsp3) is 0.588. The molecule has 0 bridgehead atoms. The average molecular weight is 403 g/mol. The van der Waals surface area contributed by atoms with E-state index in [4.69, 9.17) is 0 Å². The number of benzene rings is 1. The van der Waals surface area contributed by atoms with Gasteiger partial charge in [-0.1, -0.05) is 6.92 Å². The molecule has 7 nitrogen and oxygen atoms in total. The number of nitrogens with zero attached hydrogens (tertiary/aromatic N) is 2. The van der Waals surface area contributed by atoms with Crippen LogP contribution in [0.25, 0.3) is 0 Å². The molecule has 0 aromatic heterocycles. The molecule has 0 spiro atoms. The van der Waals surface area contributed by atoms with E-state index < -0.39 is 25.8 Å². The van der Waals surface area contributed by atoms with Crippen LogP contribution in [-0.4, -0.2) is 59.2 Å². The van der Waals surface area contributed by atoms with Gasteiger partial charge in [-0.05, 0) is 43.5 Å². The van der Waals surface area contributed by atoms with Crippen molar-refractivity contribution in [3.05, 3.63) is 24.3 Å². The molecule has 1 unspecified atom stereocenters. The molecule has 1 aromatic rings. The van der Waals surface area contributed by atoms with E-state index in [2.05, 4.69) is 0 Å². The molecule has 146 valence electrons. The molecule has 1 atom stereocenters. The summed E-state index contributed by atoms with van der Waals surface area (Å²) in [6, 6.07) is 6.10. The lowest BCUT2D eigenvalue weighted by Gasteiger charge is -2.33. The van der Waals surface area contributed by atoms with Gasteiger partial charge in [0.15, 0.2) is 9.84 Å². The molecule has 0 radical (unpaired) electrons. The van der Waals surface area contributed by atoms with Crippen molar-refractivity contribution < 1.29 is 21.6 Å². The third kappa shape index (κ3) is 4.83. The smallest absolute Gasteiger partial charge is 0.231 e. The van der Waals surface area contributed by atoms with Gasteiger partial charge in [0.1, 0.15) is 0 Å². The van der Waals surface area contributed by atoms with Crippen LogP contribution < -0.4 is 4.90 Å². The van der Waals surface area contributed by atoms with Crippen molar-refractivity contribution in [1.82, 2.24) is 4.31 Å². The van der Waals surface area contributed by atoms with Gasteiger partial charge in [0.25, 0.3) is 0 Å². The number of hydrogen-bond donors (Lipinski definition) is 0.